The molecule has 3 heterocycles. The molecule has 0 bridgehead atoms. The summed E-state index contributed by atoms with van der Waals surface area (Å²) in [6.07, 6.45) is 3.10. The SMILES string of the molecule is COc1c2c(cc3c1C(c1c[nH]c4ccc(C)cc14)N(C)CC3)OCO2. The van der Waals surface area contributed by atoms with Crippen LogP contribution in [-0.2, 0) is 6.42 Å². The fourth-order valence-corrected chi connectivity index (χ4v) is 4.31. The van der Waals surface area contributed by atoms with Gasteiger partial charge in [0.2, 0.25) is 12.5 Å². The van der Waals surface area contributed by atoms with Gasteiger partial charge in [-0.1, -0.05) is 11.6 Å². The predicted octanol–water partition coefficient (Wildman–Crippen LogP) is 3.79. The molecule has 26 heavy (non-hydrogen) atoms. The number of benzene rings is 2. The third kappa shape index (κ3) is 2.13. The number of ether oxygens (including phenoxy) is 3. The zero-order valence-electron chi connectivity index (χ0n) is 15.3. The fraction of sp³-hybridized carbons (Fsp3) is 0.333. The van der Waals surface area contributed by atoms with Crippen LogP contribution < -0.4 is 14.2 Å². The number of aryl methyl sites for hydroxylation is 1. The Morgan fingerprint density at radius 3 is 2.96 bits per heavy atom. The maximum atomic E-state index is 5.83. The second-order valence-corrected chi connectivity index (χ2v) is 7.14. The first kappa shape index (κ1) is 15.6. The van der Waals surface area contributed by atoms with Crippen LogP contribution in [0, 0.1) is 6.92 Å². The highest BCUT2D eigenvalue weighted by Gasteiger charge is 2.35. The number of nitrogens with zero attached hydrogens (tertiary/aromatic N) is 1. The smallest absolute Gasteiger partial charge is 0.231 e. The number of rotatable bonds is 2. The Morgan fingerprint density at radius 1 is 1.23 bits per heavy atom. The molecule has 3 aromatic rings. The topological polar surface area (TPSA) is 46.7 Å². The number of nitrogens with one attached hydrogen (secondary N) is 1. The lowest BCUT2D eigenvalue weighted by Gasteiger charge is -2.35. The Hall–Kier alpha value is -2.66. The number of hydrogen-bond acceptors (Lipinski definition) is 4. The van der Waals surface area contributed by atoms with Gasteiger partial charge in [-0.15, -0.1) is 0 Å². The van der Waals surface area contributed by atoms with Gasteiger partial charge in [0, 0.05) is 29.2 Å². The van der Waals surface area contributed by atoms with Gasteiger partial charge in [0.05, 0.1) is 13.2 Å². The van der Waals surface area contributed by atoms with Crippen molar-refractivity contribution in [1.82, 2.24) is 9.88 Å². The van der Waals surface area contributed by atoms with Gasteiger partial charge in [0.15, 0.2) is 11.5 Å². The average molecular weight is 350 g/mol. The van der Waals surface area contributed by atoms with Crippen molar-refractivity contribution in [3.63, 3.8) is 0 Å². The lowest BCUT2D eigenvalue weighted by atomic mass is 9.87. The van der Waals surface area contributed by atoms with E-state index in [1.807, 2.05) is 0 Å². The second-order valence-electron chi connectivity index (χ2n) is 7.14. The summed E-state index contributed by atoms with van der Waals surface area (Å²) in [5, 5.41) is 1.26. The van der Waals surface area contributed by atoms with Gasteiger partial charge >= 0.3 is 0 Å². The molecule has 0 radical (unpaired) electrons. The summed E-state index contributed by atoms with van der Waals surface area (Å²) in [7, 11) is 3.88. The lowest BCUT2D eigenvalue weighted by molar-refractivity contribution is 0.171. The predicted molar refractivity (Wildman–Crippen MR) is 100 cm³/mol. The Bertz CT molecular complexity index is 1010. The molecule has 2 aromatic carbocycles. The first-order chi connectivity index (χ1) is 12.7. The van der Waals surface area contributed by atoms with Crippen LogP contribution >= 0.6 is 0 Å². The van der Waals surface area contributed by atoms with Crippen molar-refractivity contribution in [2.24, 2.45) is 0 Å². The van der Waals surface area contributed by atoms with Gasteiger partial charge in [-0.05, 0) is 49.7 Å². The summed E-state index contributed by atoms with van der Waals surface area (Å²) in [4.78, 5) is 5.82. The average Bonchev–Trinajstić information content (AvgIpc) is 3.26. The van der Waals surface area contributed by atoms with Crippen molar-refractivity contribution in [1.29, 1.82) is 0 Å². The van der Waals surface area contributed by atoms with Crippen LogP contribution in [0.5, 0.6) is 17.2 Å². The van der Waals surface area contributed by atoms with Crippen LogP contribution in [0.3, 0.4) is 0 Å². The van der Waals surface area contributed by atoms with E-state index >= 15 is 0 Å². The summed E-state index contributed by atoms with van der Waals surface area (Å²) in [6.45, 7) is 3.37. The molecule has 1 N–H and O–H groups in total. The number of H-pyrrole nitrogens is 1. The highest BCUT2D eigenvalue weighted by Crippen LogP contribution is 2.51. The van der Waals surface area contributed by atoms with E-state index in [4.69, 9.17) is 14.2 Å². The number of aromatic amines is 1. The first-order valence-electron chi connectivity index (χ1n) is 8.94. The number of aromatic nitrogens is 1. The van der Waals surface area contributed by atoms with E-state index in [0.29, 0.717) is 0 Å². The van der Waals surface area contributed by atoms with Crippen molar-refractivity contribution in [2.45, 2.75) is 19.4 Å². The van der Waals surface area contributed by atoms with E-state index in [2.05, 4.69) is 54.3 Å². The molecule has 2 aliphatic rings. The molecule has 5 heteroatoms. The van der Waals surface area contributed by atoms with Crippen LogP contribution in [0.15, 0.2) is 30.5 Å². The summed E-state index contributed by atoms with van der Waals surface area (Å²) >= 11 is 0. The van der Waals surface area contributed by atoms with Gasteiger partial charge in [0.1, 0.15) is 0 Å². The normalized spacial score (nSPS) is 19.0. The standard InChI is InChI=1S/C21H22N2O3/c1-12-4-5-16-14(8-12)15(10-22-16)19-18-13(6-7-23(19)2)9-17-20(21(18)24-3)26-11-25-17/h4-5,8-10,19,22H,6-7,11H2,1-3H3. The van der Waals surface area contributed by atoms with E-state index in [1.54, 1.807) is 7.11 Å². The van der Waals surface area contributed by atoms with Gasteiger partial charge in [-0.3, -0.25) is 4.90 Å². The zero-order chi connectivity index (χ0) is 17.8. The Labute approximate surface area is 152 Å². The van der Waals surface area contributed by atoms with Crippen LogP contribution in [0.1, 0.15) is 28.3 Å². The molecule has 2 aliphatic heterocycles. The summed E-state index contributed by atoms with van der Waals surface area (Å²) in [6, 6.07) is 8.77. The molecule has 1 atom stereocenters. The van der Waals surface area contributed by atoms with E-state index in [0.717, 1.165) is 35.7 Å². The fourth-order valence-electron chi connectivity index (χ4n) is 4.31. The molecule has 0 aliphatic carbocycles. The van der Waals surface area contributed by atoms with Crippen molar-refractivity contribution >= 4 is 10.9 Å². The minimum absolute atomic E-state index is 0.110. The van der Waals surface area contributed by atoms with Crippen LogP contribution in [0.2, 0.25) is 0 Å². The molecule has 0 fully saturated rings. The Morgan fingerprint density at radius 2 is 2.12 bits per heavy atom. The van der Waals surface area contributed by atoms with Crippen molar-refractivity contribution in [2.75, 3.05) is 27.5 Å². The molecule has 0 saturated carbocycles. The number of hydrogen-bond donors (Lipinski definition) is 1. The zero-order valence-corrected chi connectivity index (χ0v) is 15.3. The molecule has 5 nitrogen and oxygen atoms in total. The third-order valence-corrected chi connectivity index (χ3v) is 5.56. The number of methoxy groups -OCH3 is 1. The van der Waals surface area contributed by atoms with Crippen molar-refractivity contribution < 1.29 is 14.2 Å². The van der Waals surface area contributed by atoms with Crippen LogP contribution in [-0.4, -0.2) is 37.4 Å². The van der Waals surface area contributed by atoms with Gasteiger partial charge in [-0.25, -0.2) is 0 Å². The second kappa shape index (κ2) is 5.68. The summed E-state index contributed by atoms with van der Waals surface area (Å²) in [5.74, 6) is 2.31. The lowest BCUT2D eigenvalue weighted by Crippen LogP contribution is -2.33. The summed E-state index contributed by atoms with van der Waals surface area (Å²) < 4.78 is 17.2. The number of likely N-dealkylation sites (N-methyl/N-ethyl adjacent to an activating group) is 1. The number of fused-ring (bicyclic) bond motifs is 3. The van der Waals surface area contributed by atoms with Gasteiger partial charge in [-0.2, -0.15) is 0 Å². The Balaban J connectivity index is 1.77. The first-order valence-corrected chi connectivity index (χ1v) is 8.94. The molecule has 0 spiro atoms. The largest absolute Gasteiger partial charge is 0.492 e. The Kier molecular flexibility index (Phi) is 3.40. The van der Waals surface area contributed by atoms with Gasteiger partial charge < -0.3 is 19.2 Å². The quantitative estimate of drug-likeness (QED) is 0.764. The molecule has 0 amide bonds. The molecule has 0 saturated heterocycles. The van der Waals surface area contributed by atoms with E-state index in [-0.39, 0.29) is 12.8 Å². The maximum absolute atomic E-state index is 5.83. The van der Waals surface area contributed by atoms with Crippen molar-refractivity contribution in [3.05, 3.63) is 52.7 Å². The monoisotopic (exact) mass is 350 g/mol. The molecule has 1 unspecified atom stereocenters. The molecule has 134 valence electrons. The van der Waals surface area contributed by atoms with Crippen molar-refractivity contribution in [3.8, 4) is 17.2 Å². The maximum Gasteiger partial charge on any atom is 0.231 e. The van der Waals surface area contributed by atoms with E-state index in [9.17, 15) is 0 Å². The summed E-state index contributed by atoms with van der Waals surface area (Å²) in [5.41, 5.74) is 6.15. The van der Waals surface area contributed by atoms with Gasteiger partial charge in [0.25, 0.3) is 0 Å². The molecular formula is C21H22N2O3. The van der Waals surface area contributed by atoms with E-state index < -0.39 is 0 Å². The molecular weight excluding hydrogens is 328 g/mol. The third-order valence-electron chi connectivity index (χ3n) is 5.56. The van der Waals surface area contributed by atoms with E-state index in [1.165, 1.54) is 27.6 Å². The van der Waals surface area contributed by atoms with Crippen LogP contribution in [0.4, 0.5) is 0 Å². The molecule has 5 rings (SSSR count). The van der Waals surface area contributed by atoms with Crippen LogP contribution in [0.25, 0.3) is 10.9 Å². The minimum Gasteiger partial charge on any atom is -0.492 e. The highest BCUT2D eigenvalue weighted by atomic mass is 16.7. The minimum atomic E-state index is 0.110. The molecule has 1 aromatic heterocycles. The highest BCUT2D eigenvalue weighted by molar-refractivity contribution is 5.85.